The zero-order valence-corrected chi connectivity index (χ0v) is 70.8. The molecule has 5 atom stereocenters. The summed E-state index contributed by atoms with van der Waals surface area (Å²) in [6.07, 6.45) is 69.6. The third kappa shape index (κ3) is 79.9. The third-order valence-corrected chi connectivity index (χ3v) is 22.1. The fourth-order valence-corrected chi connectivity index (χ4v) is 15.0. The second-order valence-electron chi connectivity index (χ2n) is 31.9. The van der Waals surface area contributed by atoms with E-state index in [4.69, 9.17) is 37.0 Å². The van der Waals surface area contributed by atoms with E-state index >= 15 is 0 Å². The molecule has 3 N–H and O–H groups in total. The molecule has 0 fully saturated rings. The fraction of sp³-hybridized carbons (Fsp3) is 0.953. The van der Waals surface area contributed by atoms with E-state index in [9.17, 15) is 43.2 Å². The van der Waals surface area contributed by atoms with Crippen LogP contribution in [-0.4, -0.2) is 96.7 Å². The van der Waals surface area contributed by atoms with Crippen molar-refractivity contribution in [3.8, 4) is 0 Å². The molecule has 0 amide bonds. The van der Waals surface area contributed by atoms with Crippen molar-refractivity contribution in [2.24, 2.45) is 11.8 Å². The quantitative estimate of drug-likeness (QED) is 0.0222. The average molecular weight is 1540 g/mol. The lowest BCUT2D eigenvalue weighted by Crippen LogP contribution is -2.30. The van der Waals surface area contributed by atoms with E-state index in [1.54, 1.807) is 0 Å². The highest BCUT2D eigenvalue weighted by Crippen LogP contribution is 2.45. The van der Waals surface area contributed by atoms with E-state index in [0.717, 1.165) is 108 Å². The Morgan fingerprint density at radius 1 is 0.257 bits per heavy atom. The first-order chi connectivity index (χ1) is 50.9. The molecule has 624 valence electrons. The Hall–Kier alpha value is -1.94. The molecule has 0 saturated carbocycles. The molecule has 0 aromatic heterocycles. The Morgan fingerprint density at radius 2 is 0.438 bits per heavy atom. The van der Waals surface area contributed by atoms with Gasteiger partial charge < -0.3 is 33.8 Å². The second-order valence-corrected chi connectivity index (χ2v) is 34.8. The number of unbranched alkanes of at least 4 members (excludes halogenated alkanes) is 55. The molecule has 0 spiro atoms. The Bertz CT molecular complexity index is 2010. The summed E-state index contributed by atoms with van der Waals surface area (Å²) in [6.45, 7) is 9.70. The maximum Gasteiger partial charge on any atom is 0.472 e. The molecular formula is C86H168O17P2. The minimum atomic E-state index is -4.96. The molecule has 105 heavy (non-hydrogen) atoms. The molecule has 0 heterocycles. The summed E-state index contributed by atoms with van der Waals surface area (Å²) in [5, 5.41) is 10.7. The normalized spacial score (nSPS) is 13.8. The molecule has 19 heteroatoms. The van der Waals surface area contributed by atoms with Crippen molar-refractivity contribution in [1.82, 2.24) is 0 Å². The monoisotopic (exact) mass is 1540 g/mol. The molecule has 0 saturated heterocycles. The fourth-order valence-electron chi connectivity index (χ4n) is 13.4. The first-order valence-electron chi connectivity index (χ1n) is 44.5. The third-order valence-electron chi connectivity index (χ3n) is 20.2. The Kier molecular flexibility index (Phi) is 76.0. The number of hydrogen-bond acceptors (Lipinski definition) is 15. The van der Waals surface area contributed by atoms with Gasteiger partial charge in [-0.25, -0.2) is 9.13 Å². The number of phosphoric ester groups is 2. The standard InChI is InChI=1S/C86H168O17P2/c1-7-9-11-13-15-17-18-19-20-21-22-23-24-25-30-36-41-46-52-58-64-71-86(91)103-82(75-97-84(89)69-63-57-51-45-40-35-31-26-28-33-38-43-48-54-60-66-78(3)4)77-101-105(94,95)99-73-80(87)72-98-104(92,93)100-76-81(74-96-83(88)68-62-56-50-16-14-12-10-8-2)102-85(90)70-65-59-53-47-42-37-32-27-29-34-39-44-49-55-61-67-79(5)6/h78-82,87H,7-77H2,1-6H3,(H,92,93)(H,94,95)/t80-,81+,82+/m0/s1. The predicted molar refractivity (Wildman–Crippen MR) is 432 cm³/mol. The molecule has 17 nitrogen and oxygen atoms in total. The number of rotatable bonds is 85. The van der Waals surface area contributed by atoms with Gasteiger partial charge in [-0.15, -0.1) is 0 Å². The molecule has 2 unspecified atom stereocenters. The molecule has 0 aliphatic carbocycles. The van der Waals surface area contributed by atoms with Crippen LogP contribution in [0.2, 0.25) is 0 Å². The van der Waals surface area contributed by atoms with Crippen molar-refractivity contribution in [3.63, 3.8) is 0 Å². The van der Waals surface area contributed by atoms with Crippen LogP contribution in [-0.2, 0) is 65.4 Å². The van der Waals surface area contributed by atoms with Crippen LogP contribution in [0, 0.1) is 11.8 Å². The van der Waals surface area contributed by atoms with Gasteiger partial charge in [-0.3, -0.25) is 37.3 Å². The molecule has 0 bridgehead atoms. The SMILES string of the molecule is CCCCCCCCCCCCCCCCCCCCCCCC(=O)O[C@H](COC(=O)CCCCCCCCCCCCCCCCCC(C)C)COP(=O)(O)OC[C@@H](O)COP(=O)(O)OC[C@@H](COC(=O)CCCCCCCCCC)OC(=O)CCCCCCCCCCCCCCCCCC(C)C. The number of carbonyl (C=O) groups is 4. The topological polar surface area (TPSA) is 237 Å². The lowest BCUT2D eigenvalue weighted by atomic mass is 10.0. The number of ether oxygens (including phenoxy) is 4. The summed E-state index contributed by atoms with van der Waals surface area (Å²) in [6, 6.07) is 0. The van der Waals surface area contributed by atoms with E-state index in [1.165, 1.54) is 270 Å². The minimum absolute atomic E-state index is 0.108. The minimum Gasteiger partial charge on any atom is -0.462 e. The van der Waals surface area contributed by atoms with Crippen molar-refractivity contribution in [3.05, 3.63) is 0 Å². The summed E-state index contributed by atoms with van der Waals surface area (Å²) < 4.78 is 68.8. The predicted octanol–water partition coefficient (Wildman–Crippen LogP) is 26.2. The Balaban J connectivity index is 5.18. The highest BCUT2D eigenvalue weighted by atomic mass is 31.2. The van der Waals surface area contributed by atoms with E-state index in [0.29, 0.717) is 25.7 Å². The Labute approximate surface area is 645 Å². The summed E-state index contributed by atoms with van der Waals surface area (Å²) in [7, 11) is -9.92. The van der Waals surface area contributed by atoms with Crippen molar-refractivity contribution < 1.29 is 80.2 Å². The summed E-state index contributed by atoms with van der Waals surface area (Å²) >= 11 is 0. The molecule has 0 aliphatic heterocycles. The highest BCUT2D eigenvalue weighted by molar-refractivity contribution is 7.47. The second kappa shape index (κ2) is 77.4. The smallest absolute Gasteiger partial charge is 0.462 e. The van der Waals surface area contributed by atoms with Crippen molar-refractivity contribution in [1.29, 1.82) is 0 Å². The first kappa shape index (κ1) is 103. The Morgan fingerprint density at radius 3 is 0.648 bits per heavy atom. The zero-order valence-electron chi connectivity index (χ0n) is 69.0. The van der Waals surface area contributed by atoms with Crippen LogP contribution in [0.15, 0.2) is 0 Å². The maximum atomic E-state index is 13.1. The van der Waals surface area contributed by atoms with E-state index in [-0.39, 0.29) is 25.7 Å². The molecule has 0 aliphatic rings. The van der Waals surface area contributed by atoms with Crippen LogP contribution in [0.25, 0.3) is 0 Å². The maximum absolute atomic E-state index is 13.1. The van der Waals surface area contributed by atoms with E-state index in [2.05, 4.69) is 41.5 Å². The van der Waals surface area contributed by atoms with Gasteiger partial charge in [0.25, 0.3) is 0 Å². The number of aliphatic hydroxyl groups excluding tert-OH is 1. The van der Waals surface area contributed by atoms with Gasteiger partial charge in [-0.05, 0) is 37.5 Å². The van der Waals surface area contributed by atoms with Gasteiger partial charge in [0.2, 0.25) is 0 Å². The van der Waals surface area contributed by atoms with Crippen LogP contribution in [0.4, 0.5) is 0 Å². The van der Waals surface area contributed by atoms with Crippen molar-refractivity contribution >= 4 is 39.5 Å². The van der Waals surface area contributed by atoms with Crippen LogP contribution >= 0.6 is 15.6 Å². The molecule has 0 radical (unpaired) electrons. The number of aliphatic hydroxyl groups is 1. The zero-order chi connectivity index (χ0) is 77.1. The number of carbonyl (C=O) groups excluding carboxylic acids is 4. The van der Waals surface area contributed by atoms with Crippen LogP contribution in [0.3, 0.4) is 0 Å². The average Bonchev–Trinajstić information content (AvgIpc) is 1.07. The number of phosphoric acid groups is 2. The first-order valence-corrected chi connectivity index (χ1v) is 47.5. The summed E-state index contributed by atoms with van der Waals surface area (Å²) in [4.78, 5) is 73.1. The van der Waals surface area contributed by atoms with Gasteiger partial charge in [0.05, 0.1) is 26.4 Å². The van der Waals surface area contributed by atoms with Crippen LogP contribution in [0.5, 0.6) is 0 Å². The van der Waals surface area contributed by atoms with E-state index in [1.807, 2.05) is 0 Å². The van der Waals surface area contributed by atoms with Gasteiger partial charge in [-0.2, -0.15) is 0 Å². The van der Waals surface area contributed by atoms with Gasteiger partial charge >= 0.3 is 39.5 Å². The van der Waals surface area contributed by atoms with Gasteiger partial charge in [-0.1, -0.05) is 408 Å². The van der Waals surface area contributed by atoms with Crippen LogP contribution in [0.1, 0.15) is 459 Å². The van der Waals surface area contributed by atoms with Gasteiger partial charge in [0.1, 0.15) is 19.3 Å². The lowest BCUT2D eigenvalue weighted by Gasteiger charge is -2.21. The number of hydrogen-bond donors (Lipinski definition) is 3. The molecule has 0 aromatic rings. The summed E-state index contributed by atoms with van der Waals surface area (Å²) in [5.74, 6) is -0.496. The van der Waals surface area contributed by atoms with Crippen molar-refractivity contribution in [2.45, 2.75) is 477 Å². The van der Waals surface area contributed by atoms with Gasteiger partial charge in [0, 0.05) is 25.7 Å². The molecule has 0 aromatic carbocycles. The molecular weight excluding hydrogens is 1370 g/mol. The van der Waals surface area contributed by atoms with Crippen molar-refractivity contribution in [2.75, 3.05) is 39.6 Å². The largest absolute Gasteiger partial charge is 0.472 e. The highest BCUT2D eigenvalue weighted by Gasteiger charge is 2.30. The molecule has 0 rings (SSSR count). The number of esters is 4. The summed E-state index contributed by atoms with van der Waals surface area (Å²) in [5.41, 5.74) is 0. The lowest BCUT2D eigenvalue weighted by molar-refractivity contribution is -0.161. The van der Waals surface area contributed by atoms with E-state index < -0.39 is 97.5 Å². The van der Waals surface area contributed by atoms with Gasteiger partial charge in [0.15, 0.2) is 12.2 Å². The van der Waals surface area contributed by atoms with Crippen LogP contribution < -0.4 is 0 Å².